The molecule has 1 aliphatic heterocycles. The molecule has 6 heteroatoms. The van der Waals surface area contributed by atoms with E-state index in [4.69, 9.17) is 5.73 Å². The zero-order chi connectivity index (χ0) is 12.3. The minimum atomic E-state index is -0.0818. The van der Waals surface area contributed by atoms with Gasteiger partial charge in [-0.3, -0.25) is 9.78 Å². The molecule has 2 N–H and O–H groups in total. The fraction of sp³-hybridized carbons (Fsp3) is 0.545. The molecule has 2 heterocycles. The van der Waals surface area contributed by atoms with Gasteiger partial charge in [-0.05, 0) is 7.05 Å². The number of nitrogens with two attached hydrogens (primary N) is 1. The summed E-state index contributed by atoms with van der Waals surface area (Å²) in [4.78, 5) is 24.1. The van der Waals surface area contributed by atoms with Crippen LogP contribution in [0.5, 0.6) is 0 Å². The van der Waals surface area contributed by atoms with Crippen LogP contribution in [0.3, 0.4) is 0 Å². The Hall–Kier alpha value is -1.53. The Labute approximate surface area is 100 Å². The molecule has 1 fully saturated rings. The van der Waals surface area contributed by atoms with E-state index in [1.807, 2.05) is 7.05 Å². The molecule has 1 aromatic rings. The number of carbonyl (C=O) groups is 1. The van der Waals surface area contributed by atoms with Crippen molar-refractivity contribution in [2.45, 2.75) is 6.04 Å². The fourth-order valence-corrected chi connectivity index (χ4v) is 2.04. The number of likely N-dealkylation sites (N-methyl/N-ethyl adjacent to an activating group) is 1. The Morgan fingerprint density at radius 2 is 2.35 bits per heavy atom. The summed E-state index contributed by atoms with van der Waals surface area (Å²) in [7, 11) is 2.03. The Balaban J connectivity index is 2.13. The van der Waals surface area contributed by atoms with Crippen molar-refractivity contribution in [1.29, 1.82) is 0 Å². The van der Waals surface area contributed by atoms with Crippen LogP contribution in [-0.4, -0.2) is 64.9 Å². The average Bonchev–Trinajstić information content (AvgIpc) is 2.39. The van der Waals surface area contributed by atoms with Gasteiger partial charge < -0.3 is 15.5 Å². The van der Waals surface area contributed by atoms with Crippen molar-refractivity contribution < 1.29 is 4.79 Å². The SMILES string of the molecule is CN1CCN(C(=O)c2cnccn2)C(CN)C1. The highest BCUT2D eigenvalue weighted by atomic mass is 16.2. The number of rotatable bonds is 2. The minimum Gasteiger partial charge on any atom is -0.330 e. The topological polar surface area (TPSA) is 75.3 Å². The minimum absolute atomic E-state index is 0.0586. The molecule has 0 radical (unpaired) electrons. The van der Waals surface area contributed by atoms with Crippen LogP contribution in [0, 0.1) is 0 Å². The van der Waals surface area contributed by atoms with E-state index in [1.54, 1.807) is 11.1 Å². The largest absolute Gasteiger partial charge is 0.330 e. The summed E-state index contributed by atoms with van der Waals surface area (Å²) < 4.78 is 0. The van der Waals surface area contributed by atoms with E-state index in [0.29, 0.717) is 18.8 Å². The summed E-state index contributed by atoms with van der Waals surface area (Å²) in [5.41, 5.74) is 6.10. The zero-order valence-electron chi connectivity index (χ0n) is 9.91. The summed E-state index contributed by atoms with van der Waals surface area (Å²) >= 11 is 0. The molecule has 1 amide bonds. The molecule has 1 aliphatic rings. The first-order valence-electron chi connectivity index (χ1n) is 5.68. The van der Waals surface area contributed by atoms with Crippen molar-refractivity contribution >= 4 is 5.91 Å². The van der Waals surface area contributed by atoms with Crippen LogP contribution in [0.15, 0.2) is 18.6 Å². The fourth-order valence-electron chi connectivity index (χ4n) is 2.04. The van der Waals surface area contributed by atoms with Gasteiger partial charge in [0.1, 0.15) is 5.69 Å². The van der Waals surface area contributed by atoms with Crippen molar-refractivity contribution in [3.05, 3.63) is 24.3 Å². The molecule has 0 aliphatic carbocycles. The molecular formula is C11H17N5O. The Kier molecular flexibility index (Phi) is 3.65. The molecule has 1 saturated heterocycles. The Morgan fingerprint density at radius 3 is 3.00 bits per heavy atom. The van der Waals surface area contributed by atoms with E-state index in [-0.39, 0.29) is 11.9 Å². The highest BCUT2D eigenvalue weighted by molar-refractivity contribution is 5.92. The van der Waals surface area contributed by atoms with Crippen molar-refractivity contribution in [1.82, 2.24) is 19.8 Å². The van der Waals surface area contributed by atoms with Crippen LogP contribution in [0.4, 0.5) is 0 Å². The standard InChI is InChI=1S/C11H17N5O/c1-15-4-5-16(9(6-12)8-15)11(17)10-7-13-2-3-14-10/h2-3,7,9H,4-6,8,12H2,1H3. The lowest BCUT2D eigenvalue weighted by molar-refractivity contribution is 0.0510. The Morgan fingerprint density at radius 1 is 1.53 bits per heavy atom. The number of hydrogen-bond donors (Lipinski definition) is 1. The van der Waals surface area contributed by atoms with E-state index < -0.39 is 0 Å². The highest BCUT2D eigenvalue weighted by Crippen LogP contribution is 2.10. The summed E-state index contributed by atoms with van der Waals surface area (Å²) in [6.45, 7) is 2.83. The molecule has 0 spiro atoms. The number of carbonyl (C=O) groups excluding carboxylic acids is 1. The monoisotopic (exact) mass is 235 g/mol. The van der Waals surface area contributed by atoms with Gasteiger partial charge in [0.2, 0.25) is 0 Å². The molecule has 1 aromatic heterocycles. The average molecular weight is 235 g/mol. The van der Waals surface area contributed by atoms with Gasteiger partial charge in [-0.15, -0.1) is 0 Å². The van der Waals surface area contributed by atoms with Gasteiger partial charge in [0.25, 0.3) is 5.91 Å². The quantitative estimate of drug-likeness (QED) is 0.725. The third kappa shape index (κ3) is 2.59. The van der Waals surface area contributed by atoms with Gasteiger partial charge in [-0.2, -0.15) is 0 Å². The number of amides is 1. The van der Waals surface area contributed by atoms with E-state index >= 15 is 0 Å². The predicted octanol–water partition coefficient (Wildman–Crippen LogP) is -0.808. The van der Waals surface area contributed by atoms with E-state index in [0.717, 1.165) is 13.1 Å². The van der Waals surface area contributed by atoms with Crippen molar-refractivity contribution in [3.63, 3.8) is 0 Å². The lowest BCUT2D eigenvalue weighted by atomic mass is 10.1. The predicted molar refractivity (Wildman–Crippen MR) is 63.4 cm³/mol. The van der Waals surface area contributed by atoms with Crippen molar-refractivity contribution in [2.24, 2.45) is 5.73 Å². The molecule has 92 valence electrons. The first-order valence-corrected chi connectivity index (χ1v) is 5.68. The van der Waals surface area contributed by atoms with Crippen LogP contribution in [0.25, 0.3) is 0 Å². The first kappa shape index (κ1) is 11.9. The van der Waals surface area contributed by atoms with Crippen LogP contribution in [-0.2, 0) is 0 Å². The smallest absolute Gasteiger partial charge is 0.274 e. The Bertz CT molecular complexity index is 383. The summed E-state index contributed by atoms with van der Waals surface area (Å²) in [5, 5.41) is 0. The third-order valence-corrected chi connectivity index (χ3v) is 3.00. The normalized spacial score (nSPS) is 21.5. The third-order valence-electron chi connectivity index (χ3n) is 3.00. The van der Waals surface area contributed by atoms with Crippen molar-refractivity contribution in [2.75, 3.05) is 33.2 Å². The second-order valence-corrected chi connectivity index (χ2v) is 4.24. The van der Waals surface area contributed by atoms with Crippen LogP contribution in [0.1, 0.15) is 10.5 Å². The van der Waals surface area contributed by atoms with E-state index in [2.05, 4.69) is 14.9 Å². The molecule has 0 aromatic carbocycles. The maximum absolute atomic E-state index is 12.2. The number of nitrogens with zero attached hydrogens (tertiary/aromatic N) is 4. The zero-order valence-corrected chi connectivity index (χ0v) is 9.91. The van der Waals surface area contributed by atoms with Gasteiger partial charge in [0, 0.05) is 38.6 Å². The van der Waals surface area contributed by atoms with E-state index in [9.17, 15) is 4.79 Å². The maximum Gasteiger partial charge on any atom is 0.274 e. The summed E-state index contributed by atoms with van der Waals surface area (Å²) in [5.74, 6) is -0.0818. The van der Waals surface area contributed by atoms with Gasteiger partial charge in [0.05, 0.1) is 12.2 Å². The van der Waals surface area contributed by atoms with Gasteiger partial charge in [0.15, 0.2) is 0 Å². The lowest BCUT2D eigenvalue weighted by Gasteiger charge is -2.39. The second kappa shape index (κ2) is 5.20. The van der Waals surface area contributed by atoms with Crippen LogP contribution < -0.4 is 5.73 Å². The summed E-state index contributed by atoms with van der Waals surface area (Å²) in [6, 6.07) is 0.0586. The van der Waals surface area contributed by atoms with Crippen LogP contribution in [0.2, 0.25) is 0 Å². The first-order chi connectivity index (χ1) is 8.22. The molecule has 6 nitrogen and oxygen atoms in total. The van der Waals surface area contributed by atoms with Crippen molar-refractivity contribution in [3.8, 4) is 0 Å². The number of piperazine rings is 1. The van der Waals surface area contributed by atoms with Gasteiger partial charge >= 0.3 is 0 Å². The van der Waals surface area contributed by atoms with Gasteiger partial charge in [-0.1, -0.05) is 0 Å². The van der Waals surface area contributed by atoms with E-state index in [1.165, 1.54) is 12.4 Å². The molecule has 0 saturated carbocycles. The molecule has 0 bridgehead atoms. The van der Waals surface area contributed by atoms with Gasteiger partial charge in [-0.25, -0.2) is 4.98 Å². The number of hydrogen-bond acceptors (Lipinski definition) is 5. The van der Waals surface area contributed by atoms with Crippen LogP contribution >= 0.6 is 0 Å². The summed E-state index contributed by atoms with van der Waals surface area (Å²) in [6.07, 6.45) is 4.58. The molecule has 1 atom stereocenters. The highest BCUT2D eigenvalue weighted by Gasteiger charge is 2.29. The lowest BCUT2D eigenvalue weighted by Crippen LogP contribution is -2.56. The molecule has 2 rings (SSSR count). The molecule has 17 heavy (non-hydrogen) atoms. The number of aromatic nitrogens is 2. The second-order valence-electron chi connectivity index (χ2n) is 4.24. The molecule has 1 unspecified atom stereocenters. The maximum atomic E-state index is 12.2. The molecular weight excluding hydrogens is 218 g/mol.